The Hall–Kier alpha value is -1.71. The fourth-order valence-electron chi connectivity index (χ4n) is 2.47. The lowest BCUT2D eigenvalue weighted by Gasteiger charge is -2.27. The molecule has 4 nitrogen and oxygen atoms in total. The fourth-order valence-corrected chi connectivity index (χ4v) is 2.47. The maximum absolute atomic E-state index is 10.8. The van der Waals surface area contributed by atoms with Crippen molar-refractivity contribution in [2.45, 2.75) is 38.6 Å². The first-order valence-electron chi connectivity index (χ1n) is 6.56. The summed E-state index contributed by atoms with van der Waals surface area (Å²) in [5.41, 5.74) is 6.88. The Bertz CT molecular complexity index is 411. The van der Waals surface area contributed by atoms with Crippen molar-refractivity contribution < 1.29 is 4.79 Å². The lowest BCUT2D eigenvalue weighted by atomic mass is 9.87. The fraction of sp³-hybridized carbons (Fsp3) is 0.500. The smallest absolute Gasteiger partial charge is 0.316 e. The third-order valence-electron chi connectivity index (χ3n) is 3.52. The molecule has 4 heteroatoms. The Morgan fingerprint density at radius 3 is 2.56 bits per heavy atom. The summed E-state index contributed by atoms with van der Waals surface area (Å²) in [6.07, 6.45) is 5.01. The molecule has 2 rings (SSSR count). The van der Waals surface area contributed by atoms with Crippen molar-refractivity contribution in [3.63, 3.8) is 0 Å². The number of carbonyl (C=O) groups is 1. The van der Waals surface area contributed by atoms with Gasteiger partial charge in [0.05, 0.1) is 0 Å². The van der Waals surface area contributed by atoms with Crippen LogP contribution < -0.4 is 16.4 Å². The van der Waals surface area contributed by atoms with Crippen LogP contribution in [0, 0.1) is 5.92 Å². The number of urea groups is 1. The average Bonchev–Trinajstić information content (AvgIpc) is 2.32. The third-order valence-corrected chi connectivity index (χ3v) is 3.52. The SMILES string of the molecule is CC1CCC(Nc2cccc(NC(N)=O)c2)CC1. The van der Waals surface area contributed by atoms with Crippen LogP contribution in [0.5, 0.6) is 0 Å². The van der Waals surface area contributed by atoms with E-state index < -0.39 is 6.03 Å². The van der Waals surface area contributed by atoms with Gasteiger partial charge in [0.1, 0.15) is 0 Å². The standard InChI is InChI=1S/C14H21N3O/c1-10-5-7-11(8-6-10)16-12-3-2-4-13(9-12)17-14(15)18/h2-4,9-11,16H,5-8H2,1H3,(H3,15,17,18). The van der Waals surface area contributed by atoms with E-state index in [1.807, 2.05) is 24.3 Å². The molecule has 1 aliphatic carbocycles. The highest BCUT2D eigenvalue weighted by molar-refractivity contribution is 5.88. The number of benzene rings is 1. The third kappa shape index (κ3) is 3.65. The summed E-state index contributed by atoms with van der Waals surface area (Å²) in [4.78, 5) is 10.8. The van der Waals surface area contributed by atoms with Crippen LogP contribution in [0.3, 0.4) is 0 Å². The summed E-state index contributed by atoms with van der Waals surface area (Å²) in [5, 5.41) is 6.11. The van der Waals surface area contributed by atoms with E-state index in [0.717, 1.165) is 17.3 Å². The number of hydrogen-bond donors (Lipinski definition) is 3. The number of amides is 2. The summed E-state index contributed by atoms with van der Waals surface area (Å²) < 4.78 is 0. The zero-order valence-corrected chi connectivity index (χ0v) is 10.8. The molecule has 0 aromatic heterocycles. The molecule has 2 amide bonds. The molecule has 1 fully saturated rings. The number of nitrogens with two attached hydrogens (primary N) is 1. The van der Waals surface area contributed by atoms with Gasteiger partial charge in [-0.2, -0.15) is 0 Å². The van der Waals surface area contributed by atoms with Crippen LogP contribution in [-0.4, -0.2) is 12.1 Å². The first-order valence-corrected chi connectivity index (χ1v) is 6.56. The number of carbonyl (C=O) groups excluding carboxylic acids is 1. The van der Waals surface area contributed by atoms with Gasteiger partial charge in [0, 0.05) is 17.4 Å². The Labute approximate surface area is 108 Å². The molecule has 1 aromatic rings. The molecule has 98 valence electrons. The van der Waals surface area contributed by atoms with Gasteiger partial charge in [0.15, 0.2) is 0 Å². The lowest BCUT2D eigenvalue weighted by Crippen LogP contribution is -2.25. The van der Waals surface area contributed by atoms with E-state index in [0.29, 0.717) is 6.04 Å². The lowest BCUT2D eigenvalue weighted by molar-refractivity contribution is 0.259. The van der Waals surface area contributed by atoms with E-state index in [2.05, 4.69) is 17.6 Å². The number of rotatable bonds is 3. The Morgan fingerprint density at radius 1 is 1.22 bits per heavy atom. The summed E-state index contributed by atoms with van der Waals surface area (Å²) in [5.74, 6) is 0.853. The molecule has 0 spiro atoms. The molecule has 0 atom stereocenters. The van der Waals surface area contributed by atoms with Crippen LogP contribution in [0.1, 0.15) is 32.6 Å². The summed E-state index contributed by atoms with van der Waals surface area (Å²) in [7, 11) is 0. The molecule has 0 bridgehead atoms. The van der Waals surface area contributed by atoms with Crippen molar-refractivity contribution in [3.05, 3.63) is 24.3 Å². The summed E-state index contributed by atoms with van der Waals surface area (Å²) >= 11 is 0. The van der Waals surface area contributed by atoms with Gasteiger partial charge in [-0.1, -0.05) is 13.0 Å². The molecular formula is C14H21N3O. The highest BCUT2D eigenvalue weighted by Gasteiger charge is 2.17. The van der Waals surface area contributed by atoms with Crippen LogP contribution in [0.15, 0.2) is 24.3 Å². The Balaban J connectivity index is 1.94. The van der Waals surface area contributed by atoms with Crippen LogP contribution >= 0.6 is 0 Å². The van der Waals surface area contributed by atoms with E-state index in [4.69, 9.17) is 5.73 Å². The average molecular weight is 247 g/mol. The monoisotopic (exact) mass is 247 g/mol. The molecule has 0 aliphatic heterocycles. The molecular weight excluding hydrogens is 226 g/mol. The number of nitrogens with one attached hydrogen (secondary N) is 2. The molecule has 0 saturated heterocycles. The van der Waals surface area contributed by atoms with E-state index in [1.165, 1.54) is 25.7 Å². The molecule has 1 aliphatic rings. The van der Waals surface area contributed by atoms with E-state index in [9.17, 15) is 4.79 Å². The van der Waals surface area contributed by atoms with E-state index >= 15 is 0 Å². The number of hydrogen-bond acceptors (Lipinski definition) is 2. The molecule has 0 unspecified atom stereocenters. The second-order valence-corrected chi connectivity index (χ2v) is 5.17. The van der Waals surface area contributed by atoms with Crippen LogP contribution in [0.25, 0.3) is 0 Å². The highest BCUT2D eigenvalue weighted by Crippen LogP contribution is 2.26. The maximum Gasteiger partial charge on any atom is 0.316 e. The normalized spacial score (nSPS) is 23.4. The van der Waals surface area contributed by atoms with Gasteiger partial charge >= 0.3 is 6.03 Å². The van der Waals surface area contributed by atoms with Gasteiger partial charge in [-0.3, -0.25) is 0 Å². The van der Waals surface area contributed by atoms with Gasteiger partial charge in [0.2, 0.25) is 0 Å². The largest absolute Gasteiger partial charge is 0.382 e. The summed E-state index contributed by atoms with van der Waals surface area (Å²) in [6.45, 7) is 2.31. The second-order valence-electron chi connectivity index (χ2n) is 5.17. The van der Waals surface area contributed by atoms with Crippen molar-refractivity contribution in [3.8, 4) is 0 Å². The predicted octanol–water partition coefficient (Wildman–Crippen LogP) is 3.17. The minimum atomic E-state index is -0.529. The first-order chi connectivity index (χ1) is 8.63. The zero-order valence-electron chi connectivity index (χ0n) is 10.8. The molecule has 18 heavy (non-hydrogen) atoms. The van der Waals surface area contributed by atoms with Crippen LogP contribution in [-0.2, 0) is 0 Å². The number of primary amides is 1. The highest BCUT2D eigenvalue weighted by atomic mass is 16.2. The molecule has 0 heterocycles. The van der Waals surface area contributed by atoms with Crippen LogP contribution in [0.2, 0.25) is 0 Å². The number of anilines is 2. The summed E-state index contributed by atoms with van der Waals surface area (Å²) in [6, 6.07) is 7.70. The Morgan fingerprint density at radius 2 is 1.89 bits per heavy atom. The van der Waals surface area contributed by atoms with Crippen molar-refractivity contribution in [1.82, 2.24) is 0 Å². The molecule has 0 radical (unpaired) electrons. The minimum Gasteiger partial charge on any atom is -0.382 e. The van der Waals surface area contributed by atoms with Crippen molar-refractivity contribution in [2.24, 2.45) is 11.7 Å². The van der Waals surface area contributed by atoms with E-state index in [1.54, 1.807) is 0 Å². The zero-order chi connectivity index (χ0) is 13.0. The van der Waals surface area contributed by atoms with Gasteiger partial charge in [0.25, 0.3) is 0 Å². The van der Waals surface area contributed by atoms with Crippen molar-refractivity contribution in [2.75, 3.05) is 10.6 Å². The maximum atomic E-state index is 10.8. The van der Waals surface area contributed by atoms with Crippen LogP contribution in [0.4, 0.5) is 16.2 Å². The van der Waals surface area contributed by atoms with Crippen molar-refractivity contribution in [1.29, 1.82) is 0 Å². The van der Waals surface area contributed by atoms with Gasteiger partial charge < -0.3 is 16.4 Å². The van der Waals surface area contributed by atoms with E-state index in [-0.39, 0.29) is 0 Å². The minimum absolute atomic E-state index is 0.529. The molecule has 1 saturated carbocycles. The van der Waals surface area contributed by atoms with Gasteiger partial charge in [-0.15, -0.1) is 0 Å². The molecule has 4 N–H and O–H groups in total. The van der Waals surface area contributed by atoms with Crippen molar-refractivity contribution >= 4 is 17.4 Å². The first kappa shape index (κ1) is 12.7. The molecule has 1 aromatic carbocycles. The quantitative estimate of drug-likeness (QED) is 0.768. The topological polar surface area (TPSA) is 67.2 Å². The Kier molecular flexibility index (Phi) is 4.07. The van der Waals surface area contributed by atoms with Gasteiger partial charge in [-0.05, 0) is 49.8 Å². The van der Waals surface area contributed by atoms with Gasteiger partial charge in [-0.25, -0.2) is 4.79 Å². The second kappa shape index (κ2) is 5.76. The predicted molar refractivity (Wildman–Crippen MR) is 74.7 cm³/mol.